The highest BCUT2D eigenvalue weighted by molar-refractivity contribution is 7.76. The molecule has 0 N–H and O–H groups in total. The van der Waals surface area contributed by atoms with Crippen LogP contribution in [0.5, 0.6) is 0 Å². The van der Waals surface area contributed by atoms with Crippen molar-refractivity contribution in [3.05, 3.63) is 0 Å². The van der Waals surface area contributed by atoms with Crippen LogP contribution in [0.15, 0.2) is 0 Å². The molecule has 0 aromatic rings. The molecular formula is C38H84P2+2. The molecule has 40 heavy (non-hydrogen) atoms. The Labute approximate surface area is 259 Å². The van der Waals surface area contributed by atoms with E-state index in [2.05, 4.69) is 41.5 Å². The Morgan fingerprint density at radius 1 is 0.225 bits per heavy atom. The summed E-state index contributed by atoms with van der Waals surface area (Å²) in [7, 11) is -1.30. The summed E-state index contributed by atoms with van der Waals surface area (Å²) in [5.74, 6) is 0. The SMILES string of the molecule is CC.CCCC[P+](CCCC)(CCCC)CCCCCCCCCCCC[P+](CCCC)(CCCC)CCCC. The van der Waals surface area contributed by atoms with Crippen molar-refractivity contribution >= 4 is 14.5 Å². The molecule has 0 aromatic heterocycles. The predicted molar refractivity (Wildman–Crippen MR) is 200 cm³/mol. The molecule has 0 rings (SSSR count). The highest BCUT2D eigenvalue weighted by atomic mass is 31.2. The van der Waals surface area contributed by atoms with Crippen molar-refractivity contribution in [3.8, 4) is 0 Å². The Morgan fingerprint density at radius 2 is 0.375 bits per heavy atom. The summed E-state index contributed by atoms with van der Waals surface area (Å²) in [4.78, 5) is 0. The maximum Gasteiger partial charge on any atom is 0.0594 e. The zero-order valence-corrected chi connectivity index (χ0v) is 31.9. The largest absolute Gasteiger partial charge is 0.0683 e. The molecule has 0 heterocycles. The summed E-state index contributed by atoms with van der Waals surface area (Å²) in [6.07, 6.45) is 45.5. The average molecular weight is 603 g/mol. The molecule has 0 aliphatic carbocycles. The third-order valence-corrected chi connectivity index (χ3v) is 19.6. The van der Waals surface area contributed by atoms with Crippen molar-refractivity contribution in [1.82, 2.24) is 0 Å². The minimum absolute atomic E-state index is 0.652. The van der Waals surface area contributed by atoms with E-state index < -0.39 is 14.5 Å². The predicted octanol–water partition coefficient (Wildman–Crippen LogP) is 14.7. The van der Waals surface area contributed by atoms with Crippen LogP contribution in [-0.2, 0) is 0 Å². The van der Waals surface area contributed by atoms with Crippen LogP contribution in [0.4, 0.5) is 0 Å². The van der Waals surface area contributed by atoms with Crippen molar-refractivity contribution in [3.63, 3.8) is 0 Å². The first-order valence-electron chi connectivity index (χ1n) is 19.3. The summed E-state index contributed by atoms with van der Waals surface area (Å²) in [5.41, 5.74) is 0. The Hall–Kier alpha value is 0.860. The summed E-state index contributed by atoms with van der Waals surface area (Å²) >= 11 is 0. The van der Waals surface area contributed by atoms with Gasteiger partial charge in [0.25, 0.3) is 0 Å². The van der Waals surface area contributed by atoms with E-state index in [1.807, 2.05) is 13.8 Å². The highest BCUT2D eigenvalue weighted by Gasteiger charge is 2.35. The maximum absolute atomic E-state index is 2.40. The van der Waals surface area contributed by atoms with Crippen molar-refractivity contribution in [1.29, 1.82) is 0 Å². The van der Waals surface area contributed by atoms with Gasteiger partial charge in [0.05, 0.1) is 49.3 Å². The molecule has 244 valence electrons. The molecule has 0 aliphatic heterocycles. The van der Waals surface area contributed by atoms with Crippen LogP contribution >= 0.6 is 14.5 Å². The number of rotatable bonds is 31. The van der Waals surface area contributed by atoms with Gasteiger partial charge in [-0.05, 0) is 64.2 Å². The van der Waals surface area contributed by atoms with Crippen LogP contribution in [-0.4, -0.2) is 49.3 Å². The highest BCUT2D eigenvalue weighted by Crippen LogP contribution is 2.62. The zero-order chi connectivity index (χ0) is 30.2. The first kappa shape index (κ1) is 43.0. The third kappa shape index (κ3) is 24.3. The molecule has 0 aromatic carbocycles. The fraction of sp³-hybridized carbons (Fsp3) is 1.00. The first-order chi connectivity index (χ1) is 19.6. The van der Waals surface area contributed by atoms with Gasteiger partial charge in [-0.1, -0.05) is 132 Å². The summed E-state index contributed by atoms with van der Waals surface area (Å²) in [5, 5.41) is 0. The van der Waals surface area contributed by atoms with Crippen molar-refractivity contribution in [2.45, 2.75) is 197 Å². The number of unbranched alkanes of at least 4 members (excludes halogenated alkanes) is 15. The molecule has 0 fully saturated rings. The molecule has 0 bridgehead atoms. The lowest BCUT2D eigenvalue weighted by Crippen LogP contribution is -2.13. The van der Waals surface area contributed by atoms with E-state index in [1.54, 1.807) is 62.1 Å². The molecular weight excluding hydrogens is 518 g/mol. The molecule has 0 amide bonds. The van der Waals surface area contributed by atoms with Gasteiger partial charge in [0.2, 0.25) is 0 Å². The topological polar surface area (TPSA) is 0 Å². The standard InChI is InChI=1S/C36H78P2.C2H6/c1-7-13-29-37(30-14-8-2,31-15-9-3)35-27-25-23-21-19-20-22-24-26-28-36-38(32-16-10-4,33-17-11-5)34-18-12-6;1-2/h7-36H2,1-6H3;1-2H3/q+2;. The van der Waals surface area contributed by atoms with Gasteiger partial charge in [-0.3, -0.25) is 0 Å². The maximum atomic E-state index is 2.40. The van der Waals surface area contributed by atoms with Crippen molar-refractivity contribution in [2.24, 2.45) is 0 Å². The van der Waals surface area contributed by atoms with E-state index in [-0.39, 0.29) is 0 Å². The van der Waals surface area contributed by atoms with Crippen LogP contribution in [0.25, 0.3) is 0 Å². The smallest absolute Gasteiger partial charge is 0.0594 e. The van der Waals surface area contributed by atoms with E-state index in [1.165, 1.54) is 128 Å². The van der Waals surface area contributed by atoms with Gasteiger partial charge in [0.1, 0.15) is 0 Å². The Kier molecular flexibility index (Phi) is 35.2. The molecule has 0 spiro atoms. The fourth-order valence-electron chi connectivity index (χ4n) is 6.61. The molecule has 2 heteroatoms. The van der Waals surface area contributed by atoms with Gasteiger partial charge in [-0.2, -0.15) is 0 Å². The molecule has 0 saturated heterocycles. The van der Waals surface area contributed by atoms with Crippen molar-refractivity contribution in [2.75, 3.05) is 49.3 Å². The monoisotopic (exact) mass is 603 g/mol. The summed E-state index contributed by atoms with van der Waals surface area (Å²) < 4.78 is 0. The minimum Gasteiger partial charge on any atom is -0.0683 e. The van der Waals surface area contributed by atoms with E-state index in [4.69, 9.17) is 0 Å². The van der Waals surface area contributed by atoms with Crippen LogP contribution in [0.2, 0.25) is 0 Å². The Bertz CT molecular complexity index is 375. The summed E-state index contributed by atoms with van der Waals surface area (Å²) in [6.45, 7) is 18.4. The molecule has 0 saturated carbocycles. The summed E-state index contributed by atoms with van der Waals surface area (Å²) in [6, 6.07) is 0. The molecule has 0 atom stereocenters. The van der Waals surface area contributed by atoms with Gasteiger partial charge in [0.15, 0.2) is 0 Å². The second-order valence-corrected chi connectivity index (χ2v) is 22.1. The normalized spacial score (nSPS) is 12.0. The van der Waals surface area contributed by atoms with Gasteiger partial charge in [-0.15, -0.1) is 0 Å². The van der Waals surface area contributed by atoms with Gasteiger partial charge < -0.3 is 0 Å². The Morgan fingerprint density at radius 3 is 0.550 bits per heavy atom. The van der Waals surface area contributed by atoms with Crippen LogP contribution in [0.1, 0.15) is 197 Å². The minimum atomic E-state index is -0.652. The van der Waals surface area contributed by atoms with E-state index in [9.17, 15) is 0 Å². The third-order valence-electron chi connectivity index (χ3n) is 9.43. The average Bonchev–Trinajstić information content (AvgIpc) is 2.99. The zero-order valence-electron chi connectivity index (χ0n) is 30.1. The van der Waals surface area contributed by atoms with Crippen molar-refractivity contribution < 1.29 is 0 Å². The lowest BCUT2D eigenvalue weighted by molar-refractivity contribution is 0.562. The first-order valence-corrected chi connectivity index (χ1v) is 24.3. The quantitative estimate of drug-likeness (QED) is 0.0547. The van der Waals surface area contributed by atoms with E-state index in [0.29, 0.717) is 0 Å². The van der Waals surface area contributed by atoms with E-state index >= 15 is 0 Å². The Balaban J connectivity index is 0. The number of hydrogen-bond donors (Lipinski definition) is 0. The second kappa shape index (κ2) is 32.8. The van der Waals surface area contributed by atoms with Gasteiger partial charge in [-0.25, -0.2) is 0 Å². The van der Waals surface area contributed by atoms with Gasteiger partial charge >= 0.3 is 0 Å². The molecule has 0 unspecified atom stereocenters. The van der Waals surface area contributed by atoms with Crippen LogP contribution in [0.3, 0.4) is 0 Å². The van der Waals surface area contributed by atoms with Crippen LogP contribution < -0.4 is 0 Å². The molecule has 0 aliphatic rings. The van der Waals surface area contributed by atoms with Gasteiger partial charge in [0, 0.05) is 14.5 Å². The van der Waals surface area contributed by atoms with Crippen LogP contribution in [0, 0.1) is 0 Å². The van der Waals surface area contributed by atoms with E-state index in [0.717, 1.165) is 0 Å². The lowest BCUT2D eigenvalue weighted by Gasteiger charge is -2.28. The fourth-order valence-corrected chi connectivity index (χ4v) is 17.0. The molecule has 0 nitrogen and oxygen atoms in total. The lowest BCUT2D eigenvalue weighted by atomic mass is 10.1. The number of hydrogen-bond acceptors (Lipinski definition) is 0. The molecule has 0 radical (unpaired) electrons. The second-order valence-electron chi connectivity index (χ2n) is 13.1.